The molecule has 5 rings (SSSR count). The van der Waals surface area contributed by atoms with Gasteiger partial charge in [0.2, 0.25) is 0 Å². The third-order valence-electron chi connectivity index (χ3n) is 6.60. The summed E-state index contributed by atoms with van der Waals surface area (Å²) in [6.45, 7) is 4.75. The Morgan fingerprint density at radius 1 is 1.06 bits per heavy atom. The molecule has 2 heterocycles. The molecule has 1 aromatic heterocycles. The number of hydrogen-bond acceptors (Lipinski definition) is 3. The molecule has 1 fully saturated rings. The van der Waals surface area contributed by atoms with Gasteiger partial charge in [-0.05, 0) is 80.8 Å². The molecule has 3 aromatic carbocycles. The number of carboxylic acid groups (broad SMARTS) is 1. The first-order valence-corrected chi connectivity index (χ1v) is 11.3. The Bertz CT molecular complexity index is 1370. The van der Waals surface area contributed by atoms with E-state index >= 15 is 0 Å². The van der Waals surface area contributed by atoms with Crippen LogP contribution >= 0.6 is 0 Å². The standard InChI is InChI=1S/C28H26FNO4/c1-28(2)16-19(14-15-34-28)26-24(17-6-8-18(9-7-17)27(32)33)25-22(4-3-5-23(25)31)30(26)21-12-10-20(29)11-13-21/h3-13,19,31H,14-16H2,1-2H3,(H,32,33). The van der Waals surface area contributed by atoms with Gasteiger partial charge in [-0.3, -0.25) is 0 Å². The lowest BCUT2D eigenvalue weighted by atomic mass is 9.83. The zero-order valence-electron chi connectivity index (χ0n) is 19.1. The Morgan fingerprint density at radius 2 is 1.76 bits per heavy atom. The molecular weight excluding hydrogens is 433 g/mol. The summed E-state index contributed by atoms with van der Waals surface area (Å²) in [7, 11) is 0. The summed E-state index contributed by atoms with van der Waals surface area (Å²) in [6.07, 6.45) is 1.56. The van der Waals surface area contributed by atoms with E-state index in [1.54, 1.807) is 48.5 Å². The third-order valence-corrected chi connectivity index (χ3v) is 6.60. The second-order valence-corrected chi connectivity index (χ2v) is 9.42. The van der Waals surface area contributed by atoms with Crippen molar-refractivity contribution < 1.29 is 24.1 Å². The predicted octanol–water partition coefficient (Wildman–Crippen LogP) is 6.51. The van der Waals surface area contributed by atoms with Gasteiger partial charge in [0.05, 0.1) is 16.7 Å². The van der Waals surface area contributed by atoms with Gasteiger partial charge in [-0.1, -0.05) is 18.2 Å². The van der Waals surface area contributed by atoms with E-state index < -0.39 is 5.97 Å². The van der Waals surface area contributed by atoms with Gasteiger partial charge in [0.1, 0.15) is 11.6 Å². The largest absolute Gasteiger partial charge is 0.507 e. The Labute approximate surface area is 197 Å². The van der Waals surface area contributed by atoms with Crippen LogP contribution in [0.3, 0.4) is 0 Å². The third kappa shape index (κ3) is 3.84. The number of hydrogen-bond donors (Lipinski definition) is 2. The lowest BCUT2D eigenvalue weighted by Gasteiger charge is -2.36. The number of ether oxygens (including phenoxy) is 1. The van der Waals surface area contributed by atoms with Crippen LogP contribution in [0.25, 0.3) is 27.7 Å². The minimum Gasteiger partial charge on any atom is -0.507 e. The van der Waals surface area contributed by atoms with E-state index in [1.165, 1.54) is 12.1 Å². The molecule has 0 saturated carbocycles. The number of fused-ring (bicyclic) bond motifs is 1. The molecule has 1 atom stereocenters. The van der Waals surface area contributed by atoms with Crippen LogP contribution in [0.2, 0.25) is 0 Å². The number of phenolic OH excluding ortho intramolecular Hbond substituents is 1. The first kappa shape index (κ1) is 22.2. The first-order chi connectivity index (χ1) is 16.2. The number of halogens is 1. The summed E-state index contributed by atoms with van der Waals surface area (Å²) in [5.74, 6) is -1.06. The van der Waals surface area contributed by atoms with Crippen LogP contribution < -0.4 is 0 Å². The van der Waals surface area contributed by atoms with Gasteiger partial charge >= 0.3 is 5.97 Å². The normalized spacial score (nSPS) is 17.7. The number of phenols is 1. The maximum atomic E-state index is 13.8. The molecule has 6 heteroatoms. The molecule has 0 bridgehead atoms. The van der Waals surface area contributed by atoms with Crippen LogP contribution in [-0.2, 0) is 4.74 Å². The van der Waals surface area contributed by atoms with Gasteiger partial charge in [-0.2, -0.15) is 0 Å². The van der Waals surface area contributed by atoms with Crippen molar-refractivity contribution in [2.45, 2.75) is 38.2 Å². The first-order valence-electron chi connectivity index (χ1n) is 11.3. The van der Waals surface area contributed by atoms with Crippen molar-refractivity contribution in [2.24, 2.45) is 0 Å². The average molecular weight is 460 g/mol. The van der Waals surface area contributed by atoms with Crippen LogP contribution in [0.4, 0.5) is 4.39 Å². The Kier molecular flexibility index (Phi) is 5.41. The molecule has 1 saturated heterocycles. The zero-order valence-corrected chi connectivity index (χ0v) is 19.1. The van der Waals surface area contributed by atoms with E-state index in [1.807, 2.05) is 6.07 Å². The molecule has 2 N–H and O–H groups in total. The number of aromatic hydroxyl groups is 1. The van der Waals surface area contributed by atoms with E-state index in [4.69, 9.17) is 4.74 Å². The van der Waals surface area contributed by atoms with E-state index in [-0.39, 0.29) is 28.6 Å². The van der Waals surface area contributed by atoms with Gasteiger partial charge in [-0.25, -0.2) is 9.18 Å². The monoisotopic (exact) mass is 459 g/mol. The second kappa shape index (κ2) is 8.29. The van der Waals surface area contributed by atoms with Crippen LogP contribution in [-0.4, -0.2) is 33.0 Å². The Morgan fingerprint density at radius 3 is 2.41 bits per heavy atom. The summed E-state index contributed by atoms with van der Waals surface area (Å²) in [5.41, 5.74) is 4.16. The number of carbonyl (C=O) groups is 1. The van der Waals surface area contributed by atoms with Crippen molar-refractivity contribution in [2.75, 3.05) is 6.61 Å². The zero-order chi connectivity index (χ0) is 24.0. The van der Waals surface area contributed by atoms with Gasteiger partial charge < -0.3 is 19.5 Å². The average Bonchev–Trinajstić information content (AvgIpc) is 3.15. The maximum absolute atomic E-state index is 13.8. The highest BCUT2D eigenvalue weighted by molar-refractivity contribution is 6.03. The highest BCUT2D eigenvalue weighted by Crippen LogP contribution is 2.48. The lowest BCUT2D eigenvalue weighted by Crippen LogP contribution is -2.33. The molecule has 174 valence electrons. The fraction of sp³-hybridized carbons (Fsp3) is 0.250. The van der Waals surface area contributed by atoms with Gasteiger partial charge in [0.15, 0.2) is 0 Å². The predicted molar refractivity (Wildman–Crippen MR) is 129 cm³/mol. The molecule has 1 aliphatic rings. The van der Waals surface area contributed by atoms with Crippen molar-refractivity contribution in [1.29, 1.82) is 0 Å². The molecule has 5 nitrogen and oxygen atoms in total. The van der Waals surface area contributed by atoms with Crippen LogP contribution in [0.15, 0.2) is 66.7 Å². The van der Waals surface area contributed by atoms with E-state index in [0.29, 0.717) is 12.0 Å². The van der Waals surface area contributed by atoms with Crippen molar-refractivity contribution in [3.05, 3.63) is 83.8 Å². The molecular formula is C28H26FNO4. The van der Waals surface area contributed by atoms with E-state index in [9.17, 15) is 19.4 Å². The van der Waals surface area contributed by atoms with E-state index in [0.717, 1.165) is 40.9 Å². The summed E-state index contributed by atoms with van der Waals surface area (Å²) in [5, 5.41) is 21.0. The molecule has 0 aliphatic carbocycles. The quantitative estimate of drug-likeness (QED) is 0.365. The summed E-state index contributed by atoms with van der Waals surface area (Å²) in [4.78, 5) is 11.4. The smallest absolute Gasteiger partial charge is 0.335 e. The van der Waals surface area contributed by atoms with Gasteiger partial charge in [-0.15, -0.1) is 0 Å². The maximum Gasteiger partial charge on any atom is 0.335 e. The number of benzene rings is 3. The fourth-order valence-corrected chi connectivity index (χ4v) is 5.13. The molecule has 0 radical (unpaired) electrons. The molecule has 0 amide bonds. The highest BCUT2D eigenvalue weighted by Gasteiger charge is 2.35. The SMILES string of the molecule is CC1(C)CC(c2c(-c3ccc(C(=O)O)cc3)c3c(O)cccc3n2-c2ccc(F)cc2)CCO1. The summed E-state index contributed by atoms with van der Waals surface area (Å²) >= 11 is 0. The van der Waals surface area contributed by atoms with Crippen molar-refractivity contribution in [1.82, 2.24) is 4.57 Å². The number of aromatic nitrogens is 1. The number of aromatic carboxylic acids is 1. The number of nitrogens with zero attached hydrogens (tertiary/aromatic N) is 1. The van der Waals surface area contributed by atoms with E-state index in [2.05, 4.69) is 18.4 Å². The molecule has 0 spiro atoms. The topological polar surface area (TPSA) is 71.7 Å². The Hall–Kier alpha value is -3.64. The van der Waals surface area contributed by atoms with Crippen molar-refractivity contribution >= 4 is 16.9 Å². The van der Waals surface area contributed by atoms with Crippen molar-refractivity contribution in [3.8, 4) is 22.6 Å². The molecule has 4 aromatic rings. The summed E-state index contributed by atoms with van der Waals surface area (Å²) in [6, 6.07) is 18.5. The van der Waals surface area contributed by atoms with Crippen LogP contribution in [0, 0.1) is 5.82 Å². The van der Waals surface area contributed by atoms with Crippen LogP contribution in [0.5, 0.6) is 5.75 Å². The summed E-state index contributed by atoms with van der Waals surface area (Å²) < 4.78 is 21.9. The number of rotatable bonds is 4. The van der Waals surface area contributed by atoms with Crippen molar-refractivity contribution in [3.63, 3.8) is 0 Å². The molecule has 34 heavy (non-hydrogen) atoms. The molecule has 1 unspecified atom stereocenters. The minimum absolute atomic E-state index is 0.106. The minimum atomic E-state index is -0.991. The molecule has 1 aliphatic heterocycles. The lowest BCUT2D eigenvalue weighted by molar-refractivity contribution is -0.0598. The number of carboxylic acids is 1. The Balaban J connectivity index is 1.85. The second-order valence-electron chi connectivity index (χ2n) is 9.42. The fourth-order valence-electron chi connectivity index (χ4n) is 5.13. The van der Waals surface area contributed by atoms with Gasteiger partial charge in [0.25, 0.3) is 0 Å². The highest BCUT2D eigenvalue weighted by atomic mass is 19.1. The van der Waals surface area contributed by atoms with Gasteiger partial charge in [0, 0.05) is 34.9 Å². The van der Waals surface area contributed by atoms with Crippen LogP contribution in [0.1, 0.15) is 48.7 Å².